The van der Waals surface area contributed by atoms with E-state index in [2.05, 4.69) is 60.0 Å². The van der Waals surface area contributed by atoms with Gasteiger partial charge in [0.1, 0.15) is 0 Å². The van der Waals surface area contributed by atoms with E-state index in [1.165, 1.54) is 23.1 Å². The maximum atomic E-state index is 3.87. The predicted octanol–water partition coefficient (Wildman–Crippen LogP) is 3.45. The monoisotopic (exact) mass is 285 g/mol. The highest BCUT2D eigenvalue weighted by atomic mass is 28.3. The molecule has 0 amide bonds. The van der Waals surface area contributed by atoms with Crippen molar-refractivity contribution in [1.29, 1.82) is 0 Å². The van der Waals surface area contributed by atoms with Crippen molar-refractivity contribution in [2.45, 2.75) is 78.2 Å². The van der Waals surface area contributed by atoms with E-state index in [1.54, 1.807) is 10.8 Å². The zero-order chi connectivity index (χ0) is 14.6. The summed E-state index contributed by atoms with van der Waals surface area (Å²) in [7, 11) is -0.0826. The Labute approximate surface area is 119 Å². The Morgan fingerprint density at radius 2 is 1.72 bits per heavy atom. The number of nitrogens with one attached hydrogen (secondary N) is 1. The van der Waals surface area contributed by atoms with E-state index < -0.39 is 8.07 Å². The standard InChI is InChI=1S/C15H35NSi2/c1-9-10-14(16-11-12(2)13(3)17)18(7,8)15(4,5)6/h14,16H,9-11H2,1-8,17H3. The topological polar surface area (TPSA) is 12.0 Å². The minimum atomic E-state index is -1.28. The summed E-state index contributed by atoms with van der Waals surface area (Å²) in [6, 6.07) is 0. The normalized spacial score (nSPS) is 16.7. The van der Waals surface area contributed by atoms with Crippen molar-refractivity contribution in [2.75, 3.05) is 6.54 Å². The van der Waals surface area contributed by atoms with Crippen molar-refractivity contribution in [3.8, 4) is 0 Å². The molecule has 0 saturated heterocycles. The van der Waals surface area contributed by atoms with Gasteiger partial charge in [0.05, 0.1) is 8.07 Å². The van der Waals surface area contributed by atoms with Crippen molar-refractivity contribution < 1.29 is 0 Å². The Balaban J connectivity index is 4.83. The van der Waals surface area contributed by atoms with Gasteiger partial charge in [-0.3, -0.25) is 0 Å². The molecule has 0 aromatic carbocycles. The molecule has 0 fully saturated rings. The Morgan fingerprint density at radius 3 is 2.06 bits per heavy atom. The first-order valence-corrected chi connectivity index (χ1v) is 11.5. The third-order valence-electron chi connectivity index (χ3n) is 4.85. The van der Waals surface area contributed by atoms with Crippen LogP contribution in [0.1, 0.15) is 54.4 Å². The van der Waals surface area contributed by atoms with Gasteiger partial charge in [0.2, 0.25) is 0 Å². The Kier molecular flexibility index (Phi) is 7.11. The van der Waals surface area contributed by atoms with Gasteiger partial charge in [0.15, 0.2) is 0 Å². The number of rotatable bonds is 6. The molecule has 0 aliphatic heterocycles. The highest BCUT2D eigenvalue weighted by molar-refractivity contribution is 6.81. The van der Waals surface area contributed by atoms with Crippen LogP contribution in [-0.2, 0) is 0 Å². The van der Waals surface area contributed by atoms with E-state index in [4.69, 9.17) is 0 Å². The zero-order valence-corrected chi connectivity index (χ0v) is 17.2. The summed E-state index contributed by atoms with van der Waals surface area (Å²) in [5.74, 6) is 0. The summed E-state index contributed by atoms with van der Waals surface area (Å²) in [6.07, 6.45) is 2.61. The Bertz CT molecular complexity index is 283. The minimum absolute atomic E-state index is 0.466. The van der Waals surface area contributed by atoms with Gasteiger partial charge >= 0.3 is 0 Å². The molecule has 0 aliphatic carbocycles. The highest BCUT2D eigenvalue weighted by Gasteiger charge is 2.41. The van der Waals surface area contributed by atoms with Crippen LogP contribution in [-0.4, -0.2) is 30.5 Å². The van der Waals surface area contributed by atoms with Gasteiger partial charge in [-0.2, -0.15) is 0 Å². The molecule has 0 radical (unpaired) electrons. The second kappa shape index (κ2) is 7.06. The third-order valence-corrected chi connectivity index (χ3v) is 11.8. The lowest BCUT2D eigenvalue weighted by Gasteiger charge is -2.44. The van der Waals surface area contributed by atoms with Crippen molar-refractivity contribution in [3.05, 3.63) is 10.8 Å². The van der Waals surface area contributed by atoms with Crippen LogP contribution in [0.4, 0.5) is 0 Å². The first kappa shape index (κ1) is 18.1. The van der Waals surface area contributed by atoms with Gasteiger partial charge in [-0.25, -0.2) is 0 Å². The lowest BCUT2D eigenvalue weighted by atomic mass is 10.2. The van der Waals surface area contributed by atoms with E-state index in [1.807, 2.05) is 0 Å². The zero-order valence-electron chi connectivity index (χ0n) is 14.2. The molecule has 1 N–H and O–H groups in total. The molecule has 1 nitrogen and oxygen atoms in total. The Morgan fingerprint density at radius 1 is 1.22 bits per heavy atom. The lowest BCUT2D eigenvalue weighted by molar-refractivity contribution is 0.564. The third kappa shape index (κ3) is 5.02. The van der Waals surface area contributed by atoms with E-state index >= 15 is 0 Å². The number of allylic oxidation sites excluding steroid dienone is 1. The number of hydrogen-bond donors (Lipinski definition) is 1. The summed E-state index contributed by atoms with van der Waals surface area (Å²) >= 11 is 0. The lowest BCUT2D eigenvalue weighted by Crippen LogP contribution is -2.56. The van der Waals surface area contributed by atoms with Crippen LogP contribution in [0.15, 0.2) is 10.8 Å². The van der Waals surface area contributed by atoms with E-state index in [9.17, 15) is 0 Å². The summed E-state index contributed by atoms with van der Waals surface area (Å²) in [4.78, 5) is 0. The van der Waals surface area contributed by atoms with Gasteiger partial charge in [0, 0.05) is 22.5 Å². The van der Waals surface area contributed by atoms with Crippen molar-refractivity contribution in [2.24, 2.45) is 0 Å². The Hall–Kier alpha value is 0.134. The van der Waals surface area contributed by atoms with Crippen LogP contribution in [0.3, 0.4) is 0 Å². The van der Waals surface area contributed by atoms with Crippen LogP contribution >= 0.6 is 0 Å². The van der Waals surface area contributed by atoms with Crippen molar-refractivity contribution in [3.63, 3.8) is 0 Å². The van der Waals surface area contributed by atoms with E-state index in [-0.39, 0.29) is 0 Å². The van der Waals surface area contributed by atoms with Crippen LogP contribution in [0.2, 0.25) is 18.1 Å². The summed E-state index contributed by atoms with van der Waals surface area (Å²) in [5, 5.41) is 5.93. The average Bonchev–Trinajstić information content (AvgIpc) is 2.21. The average molecular weight is 286 g/mol. The molecule has 18 heavy (non-hydrogen) atoms. The van der Waals surface area contributed by atoms with Crippen LogP contribution in [0.5, 0.6) is 0 Å². The smallest absolute Gasteiger partial charge is 0.0718 e. The second-order valence-electron chi connectivity index (χ2n) is 7.47. The minimum Gasteiger partial charge on any atom is -0.313 e. The molecule has 0 rings (SSSR count). The SMILES string of the molecule is CCCC(NCC(C)=C(C)[SiH3])[Si](C)(C)C(C)(C)C. The molecule has 0 bridgehead atoms. The fraction of sp³-hybridized carbons (Fsp3) is 0.867. The second-order valence-corrected chi connectivity index (χ2v) is 14.6. The first-order valence-electron chi connectivity index (χ1n) is 7.40. The first-order chi connectivity index (χ1) is 8.04. The van der Waals surface area contributed by atoms with Crippen LogP contribution in [0, 0.1) is 0 Å². The van der Waals surface area contributed by atoms with Crippen molar-refractivity contribution >= 4 is 18.3 Å². The molecule has 0 aromatic rings. The van der Waals surface area contributed by atoms with Crippen LogP contribution in [0.25, 0.3) is 0 Å². The maximum Gasteiger partial charge on any atom is 0.0718 e. The molecule has 0 saturated carbocycles. The molecule has 0 aliphatic rings. The quantitative estimate of drug-likeness (QED) is 0.737. The molecule has 0 spiro atoms. The van der Waals surface area contributed by atoms with Gasteiger partial charge in [-0.05, 0) is 25.3 Å². The largest absolute Gasteiger partial charge is 0.313 e. The summed E-state index contributed by atoms with van der Waals surface area (Å²) in [5.41, 5.74) is 2.29. The molecular formula is C15H35NSi2. The summed E-state index contributed by atoms with van der Waals surface area (Å²) in [6.45, 7) is 20.3. The highest BCUT2D eigenvalue weighted by Crippen LogP contribution is 2.39. The van der Waals surface area contributed by atoms with Gasteiger partial charge in [-0.15, -0.1) is 0 Å². The van der Waals surface area contributed by atoms with Gasteiger partial charge < -0.3 is 5.32 Å². The van der Waals surface area contributed by atoms with Gasteiger partial charge in [0.25, 0.3) is 0 Å². The molecule has 3 heteroatoms. The fourth-order valence-corrected chi connectivity index (χ4v) is 4.83. The predicted molar refractivity (Wildman–Crippen MR) is 92.2 cm³/mol. The number of hydrogen-bond acceptors (Lipinski definition) is 1. The van der Waals surface area contributed by atoms with E-state index in [0.717, 1.165) is 12.2 Å². The fourth-order valence-electron chi connectivity index (χ4n) is 1.98. The molecule has 0 heterocycles. The molecule has 0 aromatic heterocycles. The molecular weight excluding hydrogens is 250 g/mol. The van der Waals surface area contributed by atoms with Crippen molar-refractivity contribution in [1.82, 2.24) is 5.32 Å². The summed E-state index contributed by atoms with van der Waals surface area (Å²) < 4.78 is 0. The van der Waals surface area contributed by atoms with Crippen LogP contribution < -0.4 is 5.32 Å². The molecule has 1 unspecified atom stereocenters. The van der Waals surface area contributed by atoms with Gasteiger partial charge in [-0.1, -0.05) is 58.0 Å². The molecule has 108 valence electrons. The maximum absolute atomic E-state index is 3.87. The van der Waals surface area contributed by atoms with E-state index in [0.29, 0.717) is 5.04 Å². The molecule has 1 atom stereocenters.